The van der Waals surface area contributed by atoms with Gasteiger partial charge in [-0.1, -0.05) is 133 Å². The van der Waals surface area contributed by atoms with Crippen molar-refractivity contribution in [2.75, 3.05) is 0 Å². The fraction of sp³-hybridized carbons (Fsp3) is 0. The second kappa shape index (κ2) is 13.2. The molecule has 5 heteroatoms. The van der Waals surface area contributed by atoms with Gasteiger partial charge >= 0.3 is 0 Å². The highest BCUT2D eigenvalue weighted by atomic mass is 16.3. The quantitative estimate of drug-likeness (QED) is 0.185. The maximum absolute atomic E-state index is 11.3. The van der Waals surface area contributed by atoms with E-state index in [0.29, 0.717) is 11.4 Å². The summed E-state index contributed by atoms with van der Waals surface area (Å²) >= 11 is 0. The lowest BCUT2D eigenvalue weighted by Gasteiger charge is -2.15. The number of hydrogen-bond acceptors (Lipinski definition) is 4. The molecule has 0 saturated heterocycles. The van der Waals surface area contributed by atoms with Gasteiger partial charge in [0.05, 0.1) is 22.3 Å². The number of pyridine rings is 1. The summed E-state index contributed by atoms with van der Waals surface area (Å²) in [7, 11) is 0. The molecule has 5 nitrogen and oxygen atoms in total. The van der Waals surface area contributed by atoms with Gasteiger partial charge in [-0.15, -0.1) is 0 Å². The second-order valence-electron chi connectivity index (χ2n) is 14.3. The lowest BCUT2D eigenvalue weighted by Crippen LogP contribution is -2.00. The summed E-state index contributed by atoms with van der Waals surface area (Å²) in [5.74, 6) is 0.818. The van der Waals surface area contributed by atoms with Gasteiger partial charge in [-0.25, -0.2) is 4.98 Å². The minimum absolute atomic E-state index is 0.166. The first kappa shape index (κ1) is 32.7. The molecule has 8 aromatic carbocycles. The van der Waals surface area contributed by atoms with Crippen molar-refractivity contribution < 1.29 is 9.52 Å². The lowest BCUT2D eigenvalue weighted by molar-refractivity contribution is 0.477. The maximum Gasteiger partial charge on any atom is 0.161 e. The third kappa shape index (κ3) is 5.40. The van der Waals surface area contributed by atoms with Crippen LogP contribution in [0, 0.1) is 0 Å². The highest BCUT2D eigenvalue weighted by Gasteiger charge is 2.23. The van der Waals surface area contributed by atoms with E-state index >= 15 is 0 Å². The van der Waals surface area contributed by atoms with Gasteiger partial charge in [0.1, 0.15) is 22.9 Å². The van der Waals surface area contributed by atoms with Crippen molar-refractivity contribution in [3.8, 4) is 67.5 Å². The van der Waals surface area contributed by atoms with Crippen LogP contribution in [0.25, 0.3) is 105 Å². The molecule has 3 heterocycles. The van der Waals surface area contributed by atoms with Crippen molar-refractivity contribution in [3.63, 3.8) is 0 Å². The first-order chi connectivity index (χ1) is 28.2. The van der Waals surface area contributed by atoms with Crippen LogP contribution >= 0.6 is 0 Å². The number of rotatable bonds is 6. The van der Waals surface area contributed by atoms with Crippen LogP contribution in [0.5, 0.6) is 5.75 Å². The highest BCUT2D eigenvalue weighted by molar-refractivity contribution is 6.20. The van der Waals surface area contributed by atoms with Crippen LogP contribution in [-0.4, -0.2) is 19.6 Å². The van der Waals surface area contributed by atoms with Crippen molar-refractivity contribution in [2.24, 2.45) is 0 Å². The van der Waals surface area contributed by atoms with E-state index < -0.39 is 0 Å². The number of aromatic nitrogens is 3. The SMILES string of the molecule is Oc1ccccc1-c1nc2c(-c3cc(-c4ccccc4)cc(-c4nccc5c4oc4ccc6ccccc6c45)c3)cccc2n1-c1ccccc1-c1ccccc1. The molecule has 0 saturated carbocycles. The molecule has 0 aliphatic rings. The molecular formula is C52H33N3O2. The molecule has 0 spiro atoms. The van der Waals surface area contributed by atoms with E-state index in [-0.39, 0.29) is 5.75 Å². The molecule has 0 amide bonds. The minimum atomic E-state index is 0.166. The summed E-state index contributed by atoms with van der Waals surface area (Å²) in [4.78, 5) is 10.4. The summed E-state index contributed by atoms with van der Waals surface area (Å²) in [6.07, 6.45) is 1.88. The van der Waals surface area contributed by atoms with E-state index in [4.69, 9.17) is 14.4 Å². The zero-order valence-electron chi connectivity index (χ0n) is 30.7. The van der Waals surface area contributed by atoms with Crippen LogP contribution in [0.1, 0.15) is 0 Å². The van der Waals surface area contributed by atoms with Gasteiger partial charge in [-0.3, -0.25) is 9.55 Å². The molecular weight excluding hydrogens is 699 g/mol. The first-order valence-corrected chi connectivity index (χ1v) is 19.0. The number of para-hydroxylation sites is 3. The topological polar surface area (TPSA) is 64.1 Å². The Morgan fingerprint density at radius 1 is 0.491 bits per heavy atom. The molecule has 0 aliphatic carbocycles. The average Bonchev–Trinajstić information content (AvgIpc) is 3.86. The number of hydrogen-bond donors (Lipinski definition) is 1. The van der Waals surface area contributed by atoms with Crippen LogP contribution in [-0.2, 0) is 0 Å². The van der Waals surface area contributed by atoms with Crippen molar-refractivity contribution in [1.29, 1.82) is 0 Å². The number of imidazole rings is 1. The number of furan rings is 1. The number of phenols is 1. The predicted octanol–water partition coefficient (Wildman–Crippen LogP) is 13.5. The van der Waals surface area contributed by atoms with Crippen molar-refractivity contribution in [3.05, 3.63) is 194 Å². The largest absolute Gasteiger partial charge is 0.507 e. The van der Waals surface area contributed by atoms with Crippen LogP contribution in [0.4, 0.5) is 0 Å². The second-order valence-corrected chi connectivity index (χ2v) is 14.3. The summed E-state index contributed by atoms with van der Waals surface area (Å²) in [6, 6.07) is 64.2. The van der Waals surface area contributed by atoms with Crippen molar-refractivity contribution in [2.45, 2.75) is 0 Å². The number of phenolic OH excluding ortho intramolecular Hbond substituents is 1. The average molecular weight is 732 g/mol. The van der Waals surface area contributed by atoms with E-state index in [9.17, 15) is 5.11 Å². The Bertz CT molecular complexity index is 3310. The Morgan fingerprint density at radius 2 is 1.18 bits per heavy atom. The Balaban J connectivity index is 1.18. The third-order valence-corrected chi connectivity index (χ3v) is 11.0. The normalized spacial score (nSPS) is 11.6. The number of aromatic hydroxyl groups is 1. The fourth-order valence-corrected chi connectivity index (χ4v) is 8.35. The van der Waals surface area contributed by atoms with Crippen LogP contribution in [0.15, 0.2) is 199 Å². The van der Waals surface area contributed by atoms with Crippen molar-refractivity contribution in [1.82, 2.24) is 14.5 Å². The lowest BCUT2D eigenvalue weighted by atomic mass is 9.94. The van der Waals surface area contributed by atoms with Gasteiger partial charge in [0.25, 0.3) is 0 Å². The van der Waals surface area contributed by atoms with Crippen molar-refractivity contribution >= 4 is 43.7 Å². The molecule has 57 heavy (non-hydrogen) atoms. The number of fused-ring (bicyclic) bond motifs is 6. The molecule has 0 aliphatic heterocycles. The van der Waals surface area contributed by atoms with Gasteiger partial charge in [0, 0.05) is 33.7 Å². The zero-order valence-corrected chi connectivity index (χ0v) is 30.7. The zero-order chi connectivity index (χ0) is 37.9. The number of benzene rings is 8. The minimum Gasteiger partial charge on any atom is -0.507 e. The first-order valence-electron chi connectivity index (χ1n) is 19.0. The van der Waals surface area contributed by atoms with Gasteiger partial charge in [0.15, 0.2) is 5.58 Å². The van der Waals surface area contributed by atoms with Gasteiger partial charge < -0.3 is 9.52 Å². The molecule has 3 aromatic heterocycles. The maximum atomic E-state index is 11.3. The molecule has 0 unspecified atom stereocenters. The smallest absolute Gasteiger partial charge is 0.161 e. The summed E-state index contributed by atoms with van der Waals surface area (Å²) in [5, 5.41) is 15.7. The van der Waals surface area contributed by atoms with E-state index in [1.54, 1.807) is 6.07 Å². The Morgan fingerprint density at radius 3 is 2.02 bits per heavy atom. The Labute approximate surface area is 328 Å². The van der Waals surface area contributed by atoms with Gasteiger partial charge in [-0.05, 0) is 87.6 Å². The molecule has 1 N–H and O–H groups in total. The molecule has 11 rings (SSSR count). The van der Waals surface area contributed by atoms with Crippen LogP contribution in [0.3, 0.4) is 0 Å². The summed E-state index contributed by atoms with van der Waals surface area (Å²) < 4.78 is 8.86. The van der Waals surface area contributed by atoms with Crippen LogP contribution < -0.4 is 0 Å². The molecule has 0 atom stereocenters. The molecule has 11 aromatic rings. The predicted molar refractivity (Wildman–Crippen MR) is 232 cm³/mol. The van der Waals surface area contributed by atoms with Gasteiger partial charge in [0.2, 0.25) is 0 Å². The monoisotopic (exact) mass is 731 g/mol. The van der Waals surface area contributed by atoms with E-state index in [1.165, 1.54) is 5.39 Å². The summed E-state index contributed by atoms with van der Waals surface area (Å²) in [5.41, 5.74) is 12.9. The number of nitrogens with zero attached hydrogens (tertiary/aromatic N) is 3. The highest BCUT2D eigenvalue weighted by Crippen LogP contribution is 2.43. The van der Waals surface area contributed by atoms with E-state index in [1.807, 2.05) is 36.5 Å². The van der Waals surface area contributed by atoms with Gasteiger partial charge in [-0.2, -0.15) is 0 Å². The van der Waals surface area contributed by atoms with Crippen LogP contribution in [0.2, 0.25) is 0 Å². The summed E-state index contributed by atoms with van der Waals surface area (Å²) in [6.45, 7) is 0. The Hall–Kier alpha value is -7.76. The Kier molecular flexibility index (Phi) is 7.57. The standard InChI is InChI=1S/C52H33N3O2/c56-46-25-12-10-21-42(46)52-54-50-41(22-13-24-45(50)55(52)44-23-11-9-19-39(44)34-16-5-2-6-17-34)37-30-36(33-14-3-1-4-15-33)31-38(32-37)49-51-43(28-29-53-49)48-40-20-8-7-18-35(40)26-27-47(48)57-51/h1-32,56H. The molecule has 0 bridgehead atoms. The molecule has 268 valence electrons. The van der Waals surface area contributed by atoms with E-state index in [2.05, 4.69) is 156 Å². The fourth-order valence-electron chi connectivity index (χ4n) is 8.35. The molecule has 0 fully saturated rings. The van der Waals surface area contributed by atoms with E-state index in [0.717, 1.165) is 88.7 Å². The third-order valence-electron chi connectivity index (χ3n) is 11.0. The molecule has 0 radical (unpaired) electrons.